The Balaban J connectivity index is 1.70. The maximum Gasteiger partial charge on any atom is 0.344 e. The van der Waals surface area contributed by atoms with Crippen LogP contribution in [0.5, 0.6) is 11.5 Å². The van der Waals surface area contributed by atoms with Crippen molar-refractivity contribution in [2.45, 2.75) is 19.8 Å². The van der Waals surface area contributed by atoms with Gasteiger partial charge in [-0.15, -0.1) is 0 Å². The molecule has 5 aromatic rings. The topological polar surface area (TPSA) is 92.8 Å². The van der Waals surface area contributed by atoms with Crippen molar-refractivity contribution in [2.24, 2.45) is 0 Å². The maximum atomic E-state index is 13.6. The molecule has 0 aliphatic carbocycles. The Morgan fingerprint density at radius 2 is 1.69 bits per heavy atom. The van der Waals surface area contributed by atoms with Crippen molar-refractivity contribution >= 4 is 50.8 Å². The first-order chi connectivity index (χ1) is 18.6. The van der Waals surface area contributed by atoms with Crippen LogP contribution in [-0.2, 0) is 0 Å². The molecule has 0 spiro atoms. The zero-order valence-corrected chi connectivity index (χ0v) is 22.4. The quantitative estimate of drug-likeness (QED) is 0.218. The molecule has 0 bridgehead atoms. The molecule has 2 aromatic heterocycles. The van der Waals surface area contributed by atoms with Gasteiger partial charge in [-0.25, -0.2) is 4.79 Å². The Kier molecular flexibility index (Phi) is 5.90. The molecule has 3 aromatic carbocycles. The molecule has 1 aliphatic heterocycles. The van der Waals surface area contributed by atoms with Crippen molar-refractivity contribution in [2.75, 3.05) is 0 Å². The number of aromatic nitrogens is 1. The summed E-state index contributed by atoms with van der Waals surface area (Å²) in [6, 6.07) is 15.8. The molecule has 39 heavy (non-hydrogen) atoms. The smallest absolute Gasteiger partial charge is 0.344 e. The normalized spacial score (nSPS) is 14.0. The van der Waals surface area contributed by atoms with Gasteiger partial charge in [0, 0.05) is 27.2 Å². The lowest BCUT2D eigenvalue weighted by molar-refractivity contribution is 0.399. The van der Waals surface area contributed by atoms with E-state index in [1.54, 1.807) is 37.4 Å². The summed E-state index contributed by atoms with van der Waals surface area (Å²) >= 11 is 12.7. The van der Waals surface area contributed by atoms with Crippen LogP contribution in [0.25, 0.3) is 27.6 Å². The maximum absolute atomic E-state index is 13.6. The van der Waals surface area contributed by atoms with Crippen LogP contribution in [0, 0.1) is 13.8 Å². The molecule has 194 valence electrons. The van der Waals surface area contributed by atoms with Crippen LogP contribution in [0.3, 0.4) is 0 Å². The minimum Gasteiger partial charge on any atom is -0.507 e. The van der Waals surface area contributed by atoms with Crippen LogP contribution < -0.4 is 10.4 Å². The van der Waals surface area contributed by atoms with E-state index < -0.39 is 11.5 Å². The van der Waals surface area contributed by atoms with Crippen molar-refractivity contribution in [1.82, 2.24) is 4.98 Å². The van der Waals surface area contributed by atoms with E-state index in [9.17, 15) is 15.0 Å². The van der Waals surface area contributed by atoms with Gasteiger partial charge in [0.15, 0.2) is 0 Å². The first-order valence-electron chi connectivity index (χ1n) is 12.0. The highest BCUT2D eigenvalue weighted by atomic mass is 35.5. The number of hydrogen-bond donors (Lipinski definition) is 2. The zero-order valence-electron chi connectivity index (χ0n) is 20.9. The molecule has 6 nitrogen and oxygen atoms in total. The number of pyridine rings is 1. The molecule has 3 heterocycles. The van der Waals surface area contributed by atoms with E-state index in [1.165, 1.54) is 0 Å². The number of allylic oxidation sites excluding steroid dienone is 1. The minimum absolute atomic E-state index is 0.0979. The van der Waals surface area contributed by atoms with E-state index in [4.69, 9.17) is 32.4 Å². The van der Waals surface area contributed by atoms with Crippen molar-refractivity contribution < 1.29 is 19.4 Å². The molecule has 1 aliphatic rings. The number of rotatable bonds is 3. The van der Waals surface area contributed by atoms with E-state index in [1.807, 2.05) is 37.3 Å². The number of para-hydroxylation sites is 1. The standard InChI is InChI=1S/C31H21Cl2NO5/c1-14-8-24-19(11-21(14)32)29(35)26(16(3)38-24)27(18-10-17-6-4-5-7-23(17)34-13-18)28-30(36)20-12-22(33)15(2)9-25(20)39-31(28)37/h4-13,27,35-36H,3H2,1-2H3. The second-order valence-corrected chi connectivity index (χ2v) is 10.3. The van der Waals surface area contributed by atoms with Gasteiger partial charge in [-0.3, -0.25) is 4.98 Å². The number of aliphatic hydroxyl groups is 1. The van der Waals surface area contributed by atoms with Gasteiger partial charge in [-0.2, -0.15) is 0 Å². The molecular weight excluding hydrogens is 537 g/mol. The molecule has 0 fully saturated rings. The molecule has 0 radical (unpaired) electrons. The average molecular weight is 558 g/mol. The Morgan fingerprint density at radius 1 is 0.974 bits per heavy atom. The summed E-state index contributed by atoms with van der Waals surface area (Å²) in [4.78, 5) is 18.1. The van der Waals surface area contributed by atoms with E-state index in [2.05, 4.69) is 11.6 Å². The number of aliphatic hydroxyl groups excluding tert-OH is 1. The van der Waals surface area contributed by atoms with Gasteiger partial charge in [-0.1, -0.05) is 48.0 Å². The molecule has 0 saturated heterocycles. The molecule has 2 N–H and O–H groups in total. The second-order valence-electron chi connectivity index (χ2n) is 9.53. The highest BCUT2D eigenvalue weighted by Gasteiger charge is 2.36. The number of aryl methyl sites for hydroxylation is 2. The van der Waals surface area contributed by atoms with E-state index in [0.717, 1.165) is 16.5 Å². The summed E-state index contributed by atoms with van der Waals surface area (Å²) < 4.78 is 11.7. The number of halogens is 2. The van der Waals surface area contributed by atoms with Crippen LogP contribution in [0.2, 0.25) is 10.0 Å². The predicted molar refractivity (Wildman–Crippen MR) is 153 cm³/mol. The monoisotopic (exact) mass is 557 g/mol. The Bertz CT molecular complexity index is 1960. The van der Waals surface area contributed by atoms with Gasteiger partial charge in [0.1, 0.15) is 28.6 Å². The van der Waals surface area contributed by atoms with E-state index >= 15 is 0 Å². The van der Waals surface area contributed by atoms with Crippen LogP contribution >= 0.6 is 23.2 Å². The fourth-order valence-corrected chi connectivity index (χ4v) is 5.31. The Hall–Kier alpha value is -4.26. The molecule has 6 rings (SSSR count). The molecule has 0 saturated carbocycles. The van der Waals surface area contributed by atoms with Crippen molar-refractivity contribution in [3.8, 4) is 11.5 Å². The number of benzene rings is 3. The third-order valence-electron chi connectivity index (χ3n) is 7.02. The lowest BCUT2D eigenvalue weighted by Gasteiger charge is -2.29. The van der Waals surface area contributed by atoms with Crippen molar-refractivity contribution in [1.29, 1.82) is 0 Å². The number of aromatic hydroxyl groups is 1. The van der Waals surface area contributed by atoms with Gasteiger partial charge in [0.25, 0.3) is 0 Å². The minimum atomic E-state index is -1.07. The molecule has 0 amide bonds. The highest BCUT2D eigenvalue weighted by Crippen LogP contribution is 2.48. The summed E-state index contributed by atoms with van der Waals surface area (Å²) in [6.07, 6.45) is 1.59. The third kappa shape index (κ3) is 4.04. The number of ether oxygens (including phenoxy) is 1. The summed E-state index contributed by atoms with van der Waals surface area (Å²) in [5.41, 5.74) is 2.46. The first-order valence-corrected chi connectivity index (χ1v) is 12.8. The van der Waals surface area contributed by atoms with Crippen molar-refractivity contribution in [3.05, 3.63) is 127 Å². The van der Waals surface area contributed by atoms with E-state index in [-0.39, 0.29) is 39.4 Å². The van der Waals surface area contributed by atoms with Gasteiger partial charge in [0.05, 0.1) is 27.9 Å². The van der Waals surface area contributed by atoms with Crippen molar-refractivity contribution in [3.63, 3.8) is 0 Å². The second kappa shape index (κ2) is 9.19. The molecule has 8 heteroatoms. The van der Waals surface area contributed by atoms with Gasteiger partial charge in [0.2, 0.25) is 0 Å². The average Bonchev–Trinajstić information content (AvgIpc) is 2.90. The fraction of sp³-hybridized carbons (Fsp3) is 0.0968. The third-order valence-corrected chi connectivity index (χ3v) is 7.83. The summed E-state index contributed by atoms with van der Waals surface area (Å²) in [5, 5.41) is 25.0. The number of hydrogen-bond acceptors (Lipinski definition) is 6. The SMILES string of the molecule is C=C1Oc2cc(C)c(Cl)cc2C(O)=C1C(c1cnc2ccccc2c1)c1c(O)c2cc(Cl)c(C)cc2oc1=O. The van der Waals surface area contributed by atoms with Gasteiger partial charge < -0.3 is 19.4 Å². The zero-order chi connectivity index (χ0) is 27.6. The van der Waals surface area contributed by atoms with Crippen LogP contribution in [0.1, 0.15) is 33.7 Å². The Labute approximate surface area is 233 Å². The summed E-state index contributed by atoms with van der Waals surface area (Å²) in [7, 11) is 0. The number of nitrogens with zero attached hydrogens (tertiary/aromatic N) is 1. The van der Waals surface area contributed by atoms with Gasteiger partial charge in [-0.05, 0) is 66.9 Å². The highest BCUT2D eigenvalue weighted by molar-refractivity contribution is 6.32. The lowest BCUT2D eigenvalue weighted by Crippen LogP contribution is -2.21. The molecule has 1 atom stereocenters. The molecular formula is C31H21Cl2NO5. The van der Waals surface area contributed by atoms with E-state index in [0.29, 0.717) is 32.5 Å². The van der Waals surface area contributed by atoms with Crippen LogP contribution in [0.4, 0.5) is 0 Å². The fourth-order valence-electron chi connectivity index (χ4n) is 4.99. The predicted octanol–water partition coefficient (Wildman–Crippen LogP) is 7.98. The van der Waals surface area contributed by atoms with Crippen LogP contribution in [-0.4, -0.2) is 15.2 Å². The Morgan fingerprint density at radius 3 is 2.49 bits per heavy atom. The largest absolute Gasteiger partial charge is 0.507 e. The van der Waals surface area contributed by atoms with Crippen LogP contribution in [0.15, 0.2) is 87.9 Å². The van der Waals surface area contributed by atoms with Gasteiger partial charge >= 0.3 is 5.63 Å². The molecule has 1 unspecified atom stereocenters. The summed E-state index contributed by atoms with van der Waals surface area (Å²) in [6.45, 7) is 7.64. The summed E-state index contributed by atoms with van der Waals surface area (Å²) in [5.74, 6) is -1.12. The lowest BCUT2D eigenvalue weighted by atomic mass is 9.81. The number of fused-ring (bicyclic) bond motifs is 3. The first kappa shape index (κ1) is 25.0.